The second kappa shape index (κ2) is 8.34. The lowest BCUT2D eigenvalue weighted by Gasteiger charge is -2.01. The summed E-state index contributed by atoms with van der Waals surface area (Å²) in [5.74, 6) is -0.781. The van der Waals surface area contributed by atoms with E-state index in [1.165, 1.54) is 37.6 Å². The molecule has 0 radical (unpaired) electrons. The zero-order valence-corrected chi connectivity index (χ0v) is 13.3. The molecule has 0 aliphatic heterocycles. The van der Waals surface area contributed by atoms with Crippen LogP contribution in [0.1, 0.15) is 21.5 Å². The molecule has 0 heterocycles. The van der Waals surface area contributed by atoms with Crippen LogP contribution in [0.4, 0.5) is 5.69 Å². The van der Waals surface area contributed by atoms with E-state index >= 15 is 0 Å². The molecule has 2 aromatic carbocycles. The van der Waals surface area contributed by atoms with Crippen LogP contribution in [0.2, 0.25) is 0 Å². The van der Waals surface area contributed by atoms with Crippen molar-refractivity contribution in [3.63, 3.8) is 0 Å². The van der Waals surface area contributed by atoms with Crippen LogP contribution in [0, 0.1) is 10.1 Å². The van der Waals surface area contributed by atoms with Crippen LogP contribution in [0.25, 0.3) is 0 Å². The van der Waals surface area contributed by atoms with Gasteiger partial charge in [-0.15, -0.1) is 0 Å². The van der Waals surface area contributed by atoms with Crippen molar-refractivity contribution in [3.8, 4) is 0 Å². The van der Waals surface area contributed by atoms with Gasteiger partial charge >= 0.3 is 5.97 Å². The minimum atomic E-state index is -0.500. The molecule has 2 aromatic rings. The molecule has 0 saturated heterocycles. The standard InChI is InChI=1S/C17H15N3O5/c1-25-17(22)14-6-2-13(3-7-14)11-18-19-16(21)10-12-4-8-15(9-5-12)20(23)24/h2-9,11H,10H2,1H3,(H,19,21). The van der Waals surface area contributed by atoms with Gasteiger partial charge < -0.3 is 4.74 Å². The third-order valence-corrected chi connectivity index (χ3v) is 3.25. The highest BCUT2D eigenvalue weighted by molar-refractivity contribution is 5.90. The largest absolute Gasteiger partial charge is 0.465 e. The lowest BCUT2D eigenvalue weighted by atomic mass is 10.1. The second-order valence-electron chi connectivity index (χ2n) is 5.01. The van der Waals surface area contributed by atoms with E-state index in [0.29, 0.717) is 16.7 Å². The highest BCUT2D eigenvalue weighted by atomic mass is 16.6. The normalized spacial score (nSPS) is 10.4. The van der Waals surface area contributed by atoms with Gasteiger partial charge in [-0.2, -0.15) is 5.10 Å². The van der Waals surface area contributed by atoms with Crippen molar-refractivity contribution in [2.45, 2.75) is 6.42 Å². The molecule has 2 rings (SSSR count). The van der Waals surface area contributed by atoms with Gasteiger partial charge in [-0.25, -0.2) is 10.2 Å². The molecule has 25 heavy (non-hydrogen) atoms. The molecule has 0 fully saturated rings. The molecule has 8 nitrogen and oxygen atoms in total. The number of hydrazone groups is 1. The van der Waals surface area contributed by atoms with E-state index in [0.717, 1.165) is 0 Å². The van der Waals surface area contributed by atoms with Gasteiger partial charge in [0.05, 0.1) is 30.2 Å². The molecular weight excluding hydrogens is 326 g/mol. The van der Waals surface area contributed by atoms with Gasteiger partial charge in [0, 0.05) is 12.1 Å². The quantitative estimate of drug-likeness (QED) is 0.374. The molecule has 0 atom stereocenters. The molecule has 0 aliphatic carbocycles. The van der Waals surface area contributed by atoms with Crippen LogP contribution in [0.5, 0.6) is 0 Å². The number of hydrogen-bond acceptors (Lipinski definition) is 6. The Morgan fingerprint density at radius 3 is 2.36 bits per heavy atom. The van der Waals surface area contributed by atoms with Crippen LogP contribution in [-0.2, 0) is 16.0 Å². The molecule has 0 spiro atoms. The van der Waals surface area contributed by atoms with Crippen LogP contribution in [-0.4, -0.2) is 30.1 Å². The van der Waals surface area contributed by atoms with Crippen molar-refractivity contribution in [1.29, 1.82) is 0 Å². The summed E-state index contributed by atoms with van der Waals surface area (Å²) < 4.78 is 4.60. The Kier molecular flexibility index (Phi) is 5.94. The van der Waals surface area contributed by atoms with Crippen LogP contribution in [0.15, 0.2) is 53.6 Å². The van der Waals surface area contributed by atoms with Crippen molar-refractivity contribution in [1.82, 2.24) is 5.43 Å². The van der Waals surface area contributed by atoms with Crippen LogP contribution in [0.3, 0.4) is 0 Å². The summed E-state index contributed by atoms with van der Waals surface area (Å²) in [7, 11) is 1.30. The molecule has 128 valence electrons. The van der Waals surface area contributed by atoms with Gasteiger partial charge in [0.1, 0.15) is 0 Å². The lowest BCUT2D eigenvalue weighted by molar-refractivity contribution is -0.384. The maximum atomic E-state index is 11.8. The number of carbonyl (C=O) groups excluding carboxylic acids is 2. The van der Waals surface area contributed by atoms with Gasteiger partial charge in [0.2, 0.25) is 5.91 Å². The first-order valence-corrected chi connectivity index (χ1v) is 7.23. The Balaban J connectivity index is 1.87. The van der Waals surface area contributed by atoms with Crippen molar-refractivity contribution < 1.29 is 19.2 Å². The number of rotatable bonds is 6. The average molecular weight is 341 g/mol. The number of hydrogen-bond donors (Lipinski definition) is 1. The molecule has 0 aliphatic rings. The van der Waals surface area contributed by atoms with E-state index < -0.39 is 10.9 Å². The Labute approximate surface area is 143 Å². The number of ether oxygens (including phenoxy) is 1. The molecule has 1 N–H and O–H groups in total. The maximum Gasteiger partial charge on any atom is 0.337 e. The number of nitrogens with one attached hydrogen (secondary N) is 1. The van der Waals surface area contributed by atoms with E-state index in [1.807, 2.05) is 0 Å². The van der Waals surface area contributed by atoms with E-state index in [4.69, 9.17) is 0 Å². The molecular formula is C17H15N3O5. The third kappa shape index (κ3) is 5.24. The zero-order valence-electron chi connectivity index (χ0n) is 13.3. The third-order valence-electron chi connectivity index (χ3n) is 3.25. The number of non-ortho nitro benzene ring substituents is 1. The lowest BCUT2D eigenvalue weighted by Crippen LogP contribution is -2.19. The number of methoxy groups -OCH3 is 1. The Hall–Kier alpha value is -3.55. The summed E-state index contributed by atoms with van der Waals surface area (Å²) >= 11 is 0. The summed E-state index contributed by atoms with van der Waals surface area (Å²) in [6.07, 6.45) is 1.49. The molecule has 0 saturated carbocycles. The first kappa shape index (κ1) is 17.8. The molecule has 0 bridgehead atoms. The van der Waals surface area contributed by atoms with Gasteiger partial charge in [0.25, 0.3) is 5.69 Å². The Morgan fingerprint density at radius 1 is 1.16 bits per heavy atom. The number of amides is 1. The summed E-state index contributed by atoms with van der Waals surface area (Å²) in [5, 5.41) is 14.4. The zero-order chi connectivity index (χ0) is 18.2. The van der Waals surface area contributed by atoms with Crippen molar-refractivity contribution >= 4 is 23.8 Å². The van der Waals surface area contributed by atoms with Gasteiger partial charge in [0.15, 0.2) is 0 Å². The molecule has 8 heteroatoms. The predicted octanol–water partition coefficient (Wildman–Crippen LogP) is 2.07. The number of nitro benzene ring substituents is 1. The Morgan fingerprint density at radius 2 is 1.80 bits per heavy atom. The van der Waals surface area contributed by atoms with E-state index in [9.17, 15) is 19.7 Å². The fraction of sp³-hybridized carbons (Fsp3) is 0.118. The first-order chi connectivity index (χ1) is 12.0. The smallest absolute Gasteiger partial charge is 0.337 e. The fourth-order valence-electron chi connectivity index (χ4n) is 1.96. The van der Waals surface area contributed by atoms with E-state index in [2.05, 4.69) is 15.3 Å². The van der Waals surface area contributed by atoms with Crippen LogP contribution >= 0.6 is 0 Å². The number of nitro groups is 1. The summed E-state index contributed by atoms with van der Waals surface area (Å²) in [6, 6.07) is 12.2. The first-order valence-electron chi connectivity index (χ1n) is 7.23. The van der Waals surface area contributed by atoms with E-state index in [-0.39, 0.29) is 18.0 Å². The molecule has 1 amide bonds. The topological polar surface area (TPSA) is 111 Å². The second-order valence-corrected chi connectivity index (χ2v) is 5.01. The number of benzene rings is 2. The molecule has 0 aromatic heterocycles. The van der Waals surface area contributed by atoms with Crippen molar-refractivity contribution in [2.24, 2.45) is 5.10 Å². The number of nitrogens with zero attached hydrogens (tertiary/aromatic N) is 2. The minimum Gasteiger partial charge on any atom is -0.465 e. The van der Waals surface area contributed by atoms with Gasteiger partial charge in [-0.3, -0.25) is 14.9 Å². The maximum absolute atomic E-state index is 11.8. The highest BCUT2D eigenvalue weighted by Crippen LogP contribution is 2.12. The van der Waals surface area contributed by atoms with Gasteiger partial charge in [-0.05, 0) is 23.3 Å². The summed E-state index contributed by atoms with van der Waals surface area (Å²) in [5.41, 5.74) is 4.10. The predicted molar refractivity (Wildman–Crippen MR) is 90.3 cm³/mol. The highest BCUT2D eigenvalue weighted by Gasteiger charge is 2.07. The number of carbonyl (C=O) groups is 2. The summed E-state index contributed by atoms with van der Waals surface area (Å²) in [4.78, 5) is 33.2. The number of esters is 1. The van der Waals surface area contributed by atoms with Crippen molar-refractivity contribution in [2.75, 3.05) is 7.11 Å². The SMILES string of the molecule is COC(=O)c1ccc(C=NNC(=O)Cc2ccc([N+](=O)[O-])cc2)cc1. The van der Waals surface area contributed by atoms with Gasteiger partial charge in [-0.1, -0.05) is 24.3 Å². The Bertz CT molecular complexity index is 798. The minimum absolute atomic E-state index is 0.0300. The fourth-order valence-corrected chi connectivity index (χ4v) is 1.96. The summed E-state index contributed by atoms with van der Waals surface area (Å²) in [6.45, 7) is 0. The average Bonchev–Trinajstić information content (AvgIpc) is 2.62. The van der Waals surface area contributed by atoms with E-state index in [1.54, 1.807) is 24.3 Å². The van der Waals surface area contributed by atoms with Crippen molar-refractivity contribution in [3.05, 3.63) is 75.3 Å². The molecule has 0 unspecified atom stereocenters. The van der Waals surface area contributed by atoms with Crippen LogP contribution < -0.4 is 5.43 Å². The monoisotopic (exact) mass is 341 g/mol.